The third-order valence-electron chi connectivity index (χ3n) is 2.10. The smallest absolute Gasteiger partial charge is 0.0507 e. The predicted octanol–water partition coefficient (Wildman–Crippen LogP) is -0.0866. The van der Waals surface area contributed by atoms with Gasteiger partial charge < -0.3 is 15.4 Å². The zero-order valence-corrected chi connectivity index (χ0v) is 7.25. The Labute approximate surface area is 68.5 Å². The maximum absolute atomic E-state index is 5.43. The van der Waals surface area contributed by atoms with Gasteiger partial charge in [-0.1, -0.05) is 0 Å². The van der Waals surface area contributed by atoms with Crippen LogP contribution < -0.4 is 5.73 Å². The van der Waals surface area contributed by atoms with Crippen molar-refractivity contribution in [1.29, 1.82) is 0 Å². The van der Waals surface area contributed by atoms with Gasteiger partial charge in [-0.05, 0) is 19.4 Å². The Kier molecular flexibility index (Phi) is 3.83. The van der Waals surface area contributed by atoms with Gasteiger partial charge in [0.05, 0.1) is 6.61 Å². The number of hydrogen-bond acceptors (Lipinski definition) is 3. The number of rotatable bonds is 4. The van der Waals surface area contributed by atoms with Crippen molar-refractivity contribution >= 4 is 0 Å². The van der Waals surface area contributed by atoms with Gasteiger partial charge in [-0.25, -0.2) is 0 Å². The number of nitrogens with two attached hydrogens (primary N) is 1. The third-order valence-corrected chi connectivity index (χ3v) is 2.10. The number of ether oxygens (including phenoxy) is 1. The summed E-state index contributed by atoms with van der Waals surface area (Å²) >= 11 is 0. The molecule has 3 heteroatoms. The second-order valence-electron chi connectivity index (χ2n) is 3.28. The molecule has 0 aliphatic carbocycles. The lowest BCUT2D eigenvalue weighted by molar-refractivity contribution is 0.174. The van der Waals surface area contributed by atoms with E-state index in [2.05, 4.69) is 11.9 Å². The van der Waals surface area contributed by atoms with Crippen LogP contribution in [0.15, 0.2) is 0 Å². The van der Waals surface area contributed by atoms with E-state index >= 15 is 0 Å². The molecule has 0 aromatic carbocycles. The van der Waals surface area contributed by atoms with Crippen LogP contribution in [-0.2, 0) is 4.74 Å². The molecule has 1 fully saturated rings. The molecule has 0 radical (unpaired) electrons. The van der Waals surface area contributed by atoms with Crippen molar-refractivity contribution in [2.45, 2.75) is 6.42 Å². The standard InChI is InChI=1S/C8H18N2O/c1-10(4-3-9)6-8-2-5-11-7-8/h8H,2-7,9H2,1H3. The van der Waals surface area contributed by atoms with Gasteiger partial charge in [0.15, 0.2) is 0 Å². The number of nitrogens with zero attached hydrogens (tertiary/aromatic N) is 1. The molecular weight excluding hydrogens is 140 g/mol. The molecule has 1 aliphatic heterocycles. The minimum Gasteiger partial charge on any atom is -0.381 e. The van der Waals surface area contributed by atoms with Crippen LogP contribution in [0.2, 0.25) is 0 Å². The van der Waals surface area contributed by atoms with E-state index in [0.717, 1.165) is 38.8 Å². The summed E-state index contributed by atoms with van der Waals surface area (Å²) in [6.45, 7) is 4.77. The van der Waals surface area contributed by atoms with Crippen LogP contribution in [0.25, 0.3) is 0 Å². The van der Waals surface area contributed by atoms with Gasteiger partial charge in [-0.15, -0.1) is 0 Å². The zero-order valence-electron chi connectivity index (χ0n) is 7.25. The maximum atomic E-state index is 5.43. The topological polar surface area (TPSA) is 38.5 Å². The summed E-state index contributed by atoms with van der Waals surface area (Å²) in [6, 6.07) is 0. The largest absolute Gasteiger partial charge is 0.381 e. The zero-order chi connectivity index (χ0) is 8.10. The van der Waals surface area contributed by atoms with Crippen molar-refractivity contribution in [3.63, 3.8) is 0 Å². The van der Waals surface area contributed by atoms with Crippen molar-refractivity contribution in [3.05, 3.63) is 0 Å². The molecule has 66 valence electrons. The lowest BCUT2D eigenvalue weighted by Gasteiger charge is -2.18. The van der Waals surface area contributed by atoms with E-state index in [1.54, 1.807) is 0 Å². The van der Waals surface area contributed by atoms with E-state index in [-0.39, 0.29) is 0 Å². The van der Waals surface area contributed by atoms with Crippen LogP contribution in [0.5, 0.6) is 0 Å². The molecule has 0 aromatic heterocycles. The van der Waals surface area contributed by atoms with Crippen molar-refractivity contribution in [1.82, 2.24) is 4.90 Å². The van der Waals surface area contributed by atoms with Crippen LogP contribution in [0, 0.1) is 5.92 Å². The highest BCUT2D eigenvalue weighted by Gasteiger charge is 2.16. The molecule has 0 aromatic rings. The average molecular weight is 158 g/mol. The van der Waals surface area contributed by atoms with Crippen LogP contribution >= 0.6 is 0 Å². The van der Waals surface area contributed by atoms with Crippen LogP contribution in [0.1, 0.15) is 6.42 Å². The normalized spacial score (nSPS) is 24.8. The van der Waals surface area contributed by atoms with E-state index in [1.165, 1.54) is 6.42 Å². The number of likely N-dealkylation sites (N-methyl/N-ethyl adjacent to an activating group) is 1. The summed E-state index contributed by atoms with van der Waals surface area (Å²) < 4.78 is 5.28. The molecule has 0 amide bonds. The monoisotopic (exact) mass is 158 g/mol. The second kappa shape index (κ2) is 4.70. The van der Waals surface area contributed by atoms with Gasteiger partial charge in [-0.3, -0.25) is 0 Å². The summed E-state index contributed by atoms with van der Waals surface area (Å²) in [5, 5.41) is 0. The molecule has 1 heterocycles. The fourth-order valence-electron chi connectivity index (χ4n) is 1.48. The first kappa shape index (κ1) is 8.97. The SMILES string of the molecule is CN(CCN)CC1CCOC1. The average Bonchev–Trinajstić information content (AvgIpc) is 2.40. The van der Waals surface area contributed by atoms with Gasteiger partial charge in [0.2, 0.25) is 0 Å². The first-order valence-electron chi connectivity index (χ1n) is 4.29. The van der Waals surface area contributed by atoms with Crippen LogP contribution in [0.4, 0.5) is 0 Å². The summed E-state index contributed by atoms with van der Waals surface area (Å²) in [6.07, 6.45) is 1.22. The maximum Gasteiger partial charge on any atom is 0.0507 e. The number of hydrogen-bond donors (Lipinski definition) is 1. The molecule has 1 atom stereocenters. The Morgan fingerprint density at radius 2 is 2.45 bits per heavy atom. The quantitative estimate of drug-likeness (QED) is 0.621. The molecule has 3 nitrogen and oxygen atoms in total. The fourth-order valence-corrected chi connectivity index (χ4v) is 1.48. The van der Waals surface area contributed by atoms with Crippen molar-refractivity contribution in [2.24, 2.45) is 11.7 Å². The van der Waals surface area contributed by atoms with Gasteiger partial charge >= 0.3 is 0 Å². The fraction of sp³-hybridized carbons (Fsp3) is 1.00. The first-order valence-corrected chi connectivity index (χ1v) is 4.29. The molecule has 0 spiro atoms. The summed E-state index contributed by atoms with van der Waals surface area (Å²) in [5.41, 5.74) is 5.43. The van der Waals surface area contributed by atoms with Gasteiger partial charge in [0, 0.05) is 26.2 Å². The highest BCUT2D eigenvalue weighted by atomic mass is 16.5. The van der Waals surface area contributed by atoms with Gasteiger partial charge in [0.1, 0.15) is 0 Å². The Morgan fingerprint density at radius 1 is 1.64 bits per heavy atom. The predicted molar refractivity (Wildman–Crippen MR) is 45.5 cm³/mol. The van der Waals surface area contributed by atoms with E-state index < -0.39 is 0 Å². The Morgan fingerprint density at radius 3 is 3.00 bits per heavy atom. The van der Waals surface area contributed by atoms with Gasteiger partial charge in [0.25, 0.3) is 0 Å². The van der Waals surface area contributed by atoms with E-state index in [0.29, 0.717) is 0 Å². The summed E-state index contributed by atoms with van der Waals surface area (Å²) in [5.74, 6) is 0.742. The molecule has 1 aliphatic rings. The minimum absolute atomic E-state index is 0.742. The molecule has 1 saturated heterocycles. The lowest BCUT2D eigenvalue weighted by Crippen LogP contribution is -2.30. The molecule has 0 saturated carbocycles. The van der Waals surface area contributed by atoms with Crippen molar-refractivity contribution < 1.29 is 4.74 Å². The highest BCUT2D eigenvalue weighted by Crippen LogP contribution is 2.12. The second-order valence-corrected chi connectivity index (χ2v) is 3.28. The first-order chi connectivity index (χ1) is 5.33. The van der Waals surface area contributed by atoms with E-state index in [9.17, 15) is 0 Å². The van der Waals surface area contributed by atoms with Crippen LogP contribution in [0.3, 0.4) is 0 Å². The minimum atomic E-state index is 0.742. The third kappa shape index (κ3) is 3.18. The molecule has 1 rings (SSSR count). The molecule has 0 bridgehead atoms. The van der Waals surface area contributed by atoms with Gasteiger partial charge in [-0.2, -0.15) is 0 Å². The van der Waals surface area contributed by atoms with Crippen molar-refractivity contribution in [3.8, 4) is 0 Å². The van der Waals surface area contributed by atoms with E-state index in [1.807, 2.05) is 0 Å². The lowest BCUT2D eigenvalue weighted by atomic mass is 10.1. The Balaban J connectivity index is 2.08. The molecular formula is C8H18N2O. The molecule has 11 heavy (non-hydrogen) atoms. The molecule has 2 N–H and O–H groups in total. The van der Waals surface area contributed by atoms with Crippen LogP contribution in [-0.4, -0.2) is 44.8 Å². The van der Waals surface area contributed by atoms with Crippen molar-refractivity contribution in [2.75, 3.05) is 39.9 Å². The molecule has 1 unspecified atom stereocenters. The van der Waals surface area contributed by atoms with E-state index in [4.69, 9.17) is 10.5 Å². The summed E-state index contributed by atoms with van der Waals surface area (Å²) in [4.78, 5) is 2.28. The Bertz CT molecular complexity index is 102. The Hall–Kier alpha value is -0.120. The highest BCUT2D eigenvalue weighted by molar-refractivity contribution is 4.67. The summed E-state index contributed by atoms with van der Waals surface area (Å²) in [7, 11) is 2.12.